The van der Waals surface area contributed by atoms with E-state index < -0.39 is 5.97 Å². The van der Waals surface area contributed by atoms with E-state index in [-0.39, 0.29) is 17.6 Å². The lowest BCUT2D eigenvalue weighted by Gasteiger charge is -2.23. The van der Waals surface area contributed by atoms with Crippen molar-refractivity contribution in [2.24, 2.45) is 0 Å². The number of amides is 2. The Kier molecular flexibility index (Phi) is 5.12. The number of aromatic carboxylic acids is 1. The number of carboxylic acid groups (broad SMARTS) is 1. The number of hydrogen-bond acceptors (Lipinski definition) is 3. The number of carboxylic acids is 1. The van der Waals surface area contributed by atoms with E-state index in [1.165, 1.54) is 0 Å². The van der Waals surface area contributed by atoms with Gasteiger partial charge in [0.1, 0.15) is 0 Å². The van der Waals surface area contributed by atoms with Crippen LogP contribution in [0, 0.1) is 13.8 Å². The summed E-state index contributed by atoms with van der Waals surface area (Å²) >= 11 is 1.83. The van der Waals surface area contributed by atoms with Gasteiger partial charge in [-0.1, -0.05) is 6.07 Å². The number of benzene rings is 1. The standard InChI is InChI=1S/C15H20N2O3S/c1-9-6-10(2)13(12(7-9)14(18)19)17-15(20)16-11-4-3-5-21-8-11/h6-7,11H,3-5,8H2,1-2H3,(H,18,19)(H2,16,17,20). The molecule has 0 aromatic heterocycles. The second kappa shape index (κ2) is 6.85. The molecule has 0 bridgehead atoms. The number of aryl methyl sites for hydroxylation is 2. The molecule has 1 fully saturated rings. The third kappa shape index (κ3) is 4.14. The molecule has 1 atom stereocenters. The van der Waals surface area contributed by atoms with Crippen molar-refractivity contribution in [2.45, 2.75) is 32.7 Å². The zero-order valence-electron chi connectivity index (χ0n) is 12.2. The predicted octanol–water partition coefficient (Wildman–Crippen LogP) is 3.02. The summed E-state index contributed by atoms with van der Waals surface area (Å²) in [6.45, 7) is 3.63. The first kappa shape index (κ1) is 15.7. The van der Waals surface area contributed by atoms with Crippen molar-refractivity contribution in [3.05, 3.63) is 28.8 Å². The van der Waals surface area contributed by atoms with E-state index in [4.69, 9.17) is 0 Å². The maximum Gasteiger partial charge on any atom is 0.337 e. The second-order valence-electron chi connectivity index (χ2n) is 5.32. The number of anilines is 1. The summed E-state index contributed by atoms with van der Waals surface area (Å²) in [7, 11) is 0. The molecule has 1 heterocycles. The highest BCUT2D eigenvalue weighted by atomic mass is 32.2. The largest absolute Gasteiger partial charge is 0.478 e. The smallest absolute Gasteiger partial charge is 0.337 e. The SMILES string of the molecule is Cc1cc(C)c(NC(=O)NC2CCCSC2)c(C(=O)O)c1. The van der Waals surface area contributed by atoms with Gasteiger partial charge in [0.15, 0.2) is 0 Å². The van der Waals surface area contributed by atoms with Crippen LogP contribution in [0.15, 0.2) is 12.1 Å². The number of carbonyl (C=O) groups is 2. The van der Waals surface area contributed by atoms with Gasteiger partial charge in [-0.15, -0.1) is 0 Å². The van der Waals surface area contributed by atoms with Crippen molar-refractivity contribution in [2.75, 3.05) is 16.8 Å². The second-order valence-corrected chi connectivity index (χ2v) is 6.47. The molecule has 6 heteroatoms. The molecule has 1 unspecified atom stereocenters. The van der Waals surface area contributed by atoms with Gasteiger partial charge >= 0.3 is 12.0 Å². The van der Waals surface area contributed by atoms with Gasteiger partial charge in [0.25, 0.3) is 0 Å². The fraction of sp³-hybridized carbons (Fsp3) is 0.467. The summed E-state index contributed by atoms with van der Waals surface area (Å²) in [5, 5.41) is 14.9. The lowest BCUT2D eigenvalue weighted by atomic mass is 10.0. The molecule has 0 radical (unpaired) electrons. The Balaban J connectivity index is 2.11. The fourth-order valence-corrected chi connectivity index (χ4v) is 3.56. The third-order valence-corrected chi connectivity index (χ3v) is 4.66. The van der Waals surface area contributed by atoms with Crippen LogP contribution >= 0.6 is 11.8 Å². The van der Waals surface area contributed by atoms with Gasteiger partial charge in [-0.25, -0.2) is 9.59 Å². The summed E-state index contributed by atoms with van der Waals surface area (Å²) in [5.74, 6) is 1.01. The van der Waals surface area contributed by atoms with Crippen LogP contribution in [-0.2, 0) is 0 Å². The van der Waals surface area contributed by atoms with E-state index in [1.807, 2.05) is 24.8 Å². The van der Waals surface area contributed by atoms with E-state index in [2.05, 4.69) is 10.6 Å². The lowest BCUT2D eigenvalue weighted by Crippen LogP contribution is -2.41. The minimum absolute atomic E-state index is 0.126. The molecule has 0 spiro atoms. The van der Waals surface area contributed by atoms with E-state index in [0.29, 0.717) is 5.69 Å². The van der Waals surface area contributed by atoms with Gasteiger partial charge in [0, 0.05) is 11.8 Å². The first-order chi connectivity index (χ1) is 9.97. The number of rotatable bonds is 3. The number of thioether (sulfide) groups is 1. The maximum absolute atomic E-state index is 12.1. The fourth-order valence-electron chi connectivity index (χ4n) is 2.49. The van der Waals surface area contributed by atoms with Crippen molar-refractivity contribution in [3.8, 4) is 0 Å². The first-order valence-corrected chi connectivity index (χ1v) is 8.12. The van der Waals surface area contributed by atoms with Gasteiger partial charge in [-0.05, 0) is 49.6 Å². The van der Waals surface area contributed by atoms with Crippen LogP contribution in [0.5, 0.6) is 0 Å². The molecule has 114 valence electrons. The molecule has 5 nitrogen and oxygen atoms in total. The predicted molar refractivity (Wildman–Crippen MR) is 85.4 cm³/mol. The van der Waals surface area contributed by atoms with Crippen molar-refractivity contribution in [3.63, 3.8) is 0 Å². The highest BCUT2D eigenvalue weighted by Gasteiger charge is 2.19. The Hall–Kier alpha value is -1.69. The van der Waals surface area contributed by atoms with E-state index in [9.17, 15) is 14.7 Å². The average molecular weight is 308 g/mol. The van der Waals surface area contributed by atoms with Crippen LogP contribution < -0.4 is 10.6 Å². The Morgan fingerprint density at radius 2 is 2.10 bits per heavy atom. The molecule has 1 aromatic rings. The monoisotopic (exact) mass is 308 g/mol. The Morgan fingerprint density at radius 3 is 2.71 bits per heavy atom. The summed E-state index contributed by atoms with van der Waals surface area (Å²) in [4.78, 5) is 23.4. The molecule has 0 aliphatic carbocycles. The minimum atomic E-state index is -1.04. The van der Waals surface area contributed by atoms with Crippen LogP contribution in [-0.4, -0.2) is 34.7 Å². The van der Waals surface area contributed by atoms with Gasteiger partial charge in [-0.2, -0.15) is 11.8 Å². The molecule has 3 N–H and O–H groups in total. The topological polar surface area (TPSA) is 78.4 Å². The molecule has 21 heavy (non-hydrogen) atoms. The van der Waals surface area contributed by atoms with Crippen molar-refractivity contribution < 1.29 is 14.7 Å². The summed E-state index contributed by atoms with van der Waals surface area (Å²) in [6.07, 6.45) is 2.07. The third-order valence-electron chi connectivity index (χ3n) is 3.44. The van der Waals surface area contributed by atoms with Gasteiger partial charge in [0.2, 0.25) is 0 Å². The normalized spacial score (nSPS) is 18.1. The molecule has 0 saturated carbocycles. The van der Waals surface area contributed by atoms with Crippen LogP contribution in [0.1, 0.15) is 34.3 Å². The molecule has 1 saturated heterocycles. The Labute approximate surface area is 128 Å². The van der Waals surface area contributed by atoms with Crippen molar-refractivity contribution >= 4 is 29.4 Å². The molecule has 1 aromatic carbocycles. The molecule has 1 aliphatic rings. The molecular formula is C15H20N2O3S. The van der Waals surface area contributed by atoms with E-state index >= 15 is 0 Å². The van der Waals surface area contributed by atoms with Crippen molar-refractivity contribution in [1.29, 1.82) is 0 Å². The summed E-state index contributed by atoms with van der Waals surface area (Å²) in [5.41, 5.74) is 2.11. The van der Waals surface area contributed by atoms with Crippen LogP contribution in [0.2, 0.25) is 0 Å². The van der Waals surface area contributed by atoms with Gasteiger partial charge in [-0.3, -0.25) is 0 Å². The molecule has 2 amide bonds. The van der Waals surface area contributed by atoms with Crippen LogP contribution in [0.25, 0.3) is 0 Å². The van der Waals surface area contributed by atoms with E-state index in [1.54, 1.807) is 13.0 Å². The molecular weight excluding hydrogens is 288 g/mol. The van der Waals surface area contributed by atoms with Gasteiger partial charge < -0.3 is 15.7 Å². The highest BCUT2D eigenvalue weighted by Crippen LogP contribution is 2.23. The summed E-state index contributed by atoms with van der Waals surface area (Å²) < 4.78 is 0. The van der Waals surface area contributed by atoms with E-state index in [0.717, 1.165) is 35.5 Å². The molecule has 2 rings (SSSR count). The average Bonchev–Trinajstić information content (AvgIpc) is 2.42. The van der Waals surface area contributed by atoms with Crippen LogP contribution in [0.3, 0.4) is 0 Å². The number of urea groups is 1. The lowest BCUT2D eigenvalue weighted by molar-refractivity contribution is 0.0698. The first-order valence-electron chi connectivity index (χ1n) is 6.97. The number of nitrogens with one attached hydrogen (secondary N) is 2. The number of carbonyl (C=O) groups excluding carboxylic acids is 1. The van der Waals surface area contributed by atoms with Crippen LogP contribution in [0.4, 0.5) is 10.5 Å². The molecule has 1 aliphatic heterocycles. The quantitative estimate of drug-likeness (QED) is 0.802. The maximum atomic E-state index is 12.1. The Bertz CT molecular complexity index is 554. The number of hydrogen-bond donors (Lipinski definition) is 3. The zero-order valence-corrected chi connectivity index (χ0v) is 13.0. The Morgan fingerprint density at radius 1 is 1.33 bits per heavy atom. The van der Waals surface area contributed by atoms with Crippen molar-refractivity contribution in [1.82, 2.24) is 5.32 Å². The highest BCUT2D eigenvalue weighted by molar-refractivity contribution is 7.99. The van der Waals surface area contributed by atoms with Gasteiger partial charge in [0.05, 0.1) is 11.3 Å². The minimum Gasteiger partial charge on any atom is -0.478 e. The zero-order chi connectivity index (χ0) is 15.4. The summed E-state index contributed by atoms with van der Waals surface area (Å²) in [6, 6.07) is 3.25.